The summed E-state index contributed by atoms with van der Waals surface area (Å²) in [5, 5.41) is 13.4. The lowest BCUT2D eigenvalue weighted by atomic mass is 10.2. The van der Waals surface area contributed by atoms with E-state index < -0.39 is 23.0 Å². The second-order valence-corrected chi connectivity index (χ2v) is 4.51. The van der Waals surface area contributed by atoms with E-state index in [-0.39, 0.29) is 5.56 Å². The zero-order chi connectivity index (χ0) is 16.3. The Morgan fingerprint density at radius 1 is 1.18 bits per heavy atom. The van der Waals surface area contributed by atoms with Gasteiger partial charge in [-0.3, -0.25) is 18.7 Å². The van der Waals surface area contributed by atoms with E-state index in [4.69, 9.17) is 0 Å². The van der Waals surface area contributed by atoms with Gasteiger partial charge in [0.15, 0.2) is 0 Å². The second-order valence-electron chi connectivity index (χ2n) is 4.51. The highest BCUT2D eigenvalue weighted by atomic mass is 16.3. The zero-order valence-corrected chi connectivity index (χ0v) is 12.0. The molecular weight excluding hydrogens is 288 g/mol. The van der Waals surface area contributed by atoms with Gasteiger partial charge in [0.05, 0.1) is 6.21 Å². The molecule has 0 fully saturated rings. The van der Waals surface area contributed by atoms with Crippen molar-refractivity contribution in [3.05, 3.63) is 62.3 Å². The van der Waals surface area contributed by atoms with Crippen LogP contribution in [-0.2, 0) is 14.1 Å². The van der Waals surface area contributed by atoms with Gasteiger partial charge in [0.25, 0.3) is 11.5 Å². The summed E-state index contributed by atoms with van der Waals surface area (Å²) in [5.74, 6) is -0.983. The molecule has 0 radical (unpaired) electrons. The van der Waals surface area contributed by atoms with Crippen molar-refractivity contribution in [2.75, 3.05) is 0 Å². The molecule has 8 nitrogen and oxygen atoms in total. The fraction of sp³-hybridized carbons (Fsp3) is 0.143. The number of nitrogens with one attached hydrogen (secondary N) is 1. The molecule has 0 unspecified atom stereocenters. The first-order valence-electron chi connectivity index (χ1n) is 6.31. The average Bonchev–Trinajstić information content (AvgIpc) is 2.55. The monoisotopic (exact) mass is 302 g/mol. The van der Waals surface area contributed by atoms with E-state index in [1.165, 1.54) is 14.1 Å². The Labute approximate surface area is 125 Å². The minimum absolute atomic E-state index is 0.196. The van der Waals surface area contributed by atoms with Crippen LogP contribution in [0, 0.1) is 0 Å². The van der Waals surface area contributed by atoms with Crippen LogP contribution in [0.25, 0.3) is 0 Å². The number of hydrazone groups is 1. The maximum absolute atomic E-state index is 11.9. The number of amides is 1. The maximum Gasteiger partial charge on any atom is 0.333 e. The summed E-state index contributed by atoms with van der Waals surface area (Å²) < 4.78 is 1.74. The van der Waals surface area contributed by atoms with Crippen molar-refractivity contribution in [3.63, 3.8) is 0 Å². The van der Waals surface area contributed by atoms with E-state index in [1.54, 1.807) is 30.3 Å². The van der Waals surface area contributed by atoms with Crippen LogP contribution in [0.5, 0.6) is 5.88 Å². The Morgan fingerprint density at radius 2 is 1.82 bits per heavy atom. The first-order chi connectivity index (χ1) is 10.4. The molecule has 0 saturated carbocycles. The third kappa shape index (κ3) is 2.80. The van der Waals surface area contributed by atoms with Crippen molar-refractivity contribution in [1.29, 1.82) is 0 Å². The van der Waals surface area contributed by atoms with Crippen LogP contribution in [0.3, 0.4) is 0 Å². The molecule has 0 bridgehead atoms. The number of aromatic nitrogens is 2. The highest BCUT2D eigenvalue weighted by Crippen LogP contribution is 2.05. The van der Waals surface area contributed by atoms with Gasteiger partial charge in [0.1, 0.15) is 5.56 Å². The molecular formula is C14H14N4O4. The van der Waals surface area contributed by atoms with Gasteiger partial charge in [-0.2, -0.15) is 5.10 Å². The number of carbonyl (C=O) groups is 1. The molecule has 1 aromatic carbocycles. The Kier molecular flexibility index (Phi) is 4.21. The molecule has 2 aromatic rings. The van der Waals surface area contributed by atoms with Crippen LogP contribution in [0.2, 0.25) is 0 Å². The first-order valence-corrected chi connectivity index (χ1v) is 6.31. The van der Waals surface area contributed by atoms with E-state index in [0.29, 0.717) is 5.56 Å². The molecule has 1 aromatic heterocycles. The van der Waals surface area contributed by atoms with Gasteiger partial charge < -0.3 is 5.11 Å². The predicted molar refractivity (Wildman–Crippen MR) is 80.1 cm³/mol. The number of rotatable bonds is 3. The van der Waals surface area contributed by atoms with Crippen LogP contribution >= 0.6 is 0 Å². The number of benzene rings is 1. The number of nitrogens with zero attached hydrogens (tertiary/aromatic N) is 3. The lowest BCUT2D eigenvalue weighted by Crippen LogP contribution is -2.38. The summed E-state index contributed by atoms with van der Waals surface area (Å²) in [6.45, 7) is 0. The molecule has 2 N–H and O–H groups in total. The fourth-order valence-electron chi connectivity index (χ4n) is 1.78. The maximum atomic E-state index is 11.9. The van der Waals surface area contributed by atoms with Gasteiger partial charge >= 0.3 is 5.69 Å². The van der Waals surface area contributed by atoms with Gasteiger partial charge in [-0.05, 0) is 12.1 Å². The van der Waals surface area contributed by atoms with E-state index >= 15 is 0 Å². The highest BCUT2D eigenvalue weighted by Gasteiger charge is 2.13. The van der Waals surface area contributed by atoms with E-state index in [1.807, 2.05) is 0 Å². The predicted octanol–water partition coefficient (Wildman–Crippen LogP) is -0.447. The fourth-order valence-corrected chi connectivity index (χ4v) is 1.78. The summed E-state index contributed by atoms with van der Waals surface area (Å²) in [4.78, 5) is 35.2. The van der Waals surface area contributed by atoms with Gasteiger partial charge in [-0.1, -0.05) is 18.2 Å². The third-order valence-electron chi connectivity index (χ3n) is 3.06. The van der Waals surface area contributed by atoms with Gasteiger partial charge in [0, 0.05) is 19.7 Å². The van der Waals surface area contributed by atoms with E-state index in [9.17, 15) is 19.5 Å². The zero-order valence-electron chi connectivity index (χ0n) is 12.0. The Bertz CT molecular complexity index is 850. The molecule has 22 heavy (non-hydrogen) atoms. The normalized spacial score (nSPS) is 10.8. The number of carbonyl (C=O) groups excluding carboxylic acids is 1. The van der Waals surface area contributed by atoms with Crippen molar-refractivity contribution in [1.82, 2.24) is 14.6 Å². The minimum Gasteiger partial charge on any atom is -0.494 e. The molecule has 8 heteroatoms. The molecule has 0 atom stereocenters. The standard InChI is InChI=1S/C14H14N4O4/c1-17-12(20)10(13(21)18(2)14(17)22)8-15-16-11(19)9-6-4-3-5-7-9/h3-8,20H,1-2H3,(H,16,19)/b15-8+. The third-order valence-corrected chi connectivity index (χ3v) is 3.06. The summed E-state index contributed by atoms with van der Waals surface area (Å²) in [6.07, 6.45) is 0.998. The Morgan fingerprint density at radius 3 is 2.45 bits per heavy atom. The van der Waals surface area contributed by atoms with Gasteiger partial charge in [-0.15, -0.1) is 0 Å². The SMILES string of the molecule is Cn1c(O)c(/C=N/NC(=O)c2ccccc2)c(=O)n(C)c1=O. The average molecular weight is 302 g/mol. The van der Waals surface area contributed by atoms with Crippen LogP contribution < -0.4 is 16.7 Å². The summed E-state index contributed by atoms with van der Waals surface area (Å²) in [7, 11) is 2.60. The van der Waals surface area contributed by atoms with Crippen LogP contribution in [0.4, 0.5) is 0 Å². The largest absolute Gasteiger partial charge is 0.494 e. The molecule has 0 spiro atoms. The Balaban J connectivity index is 2.27. The smallest absolute Gasteiger partial charge is 0.333 e. The van der Waals surface area contributed by atoms with E-state index in [2.05, 4.69) is 10.5 Å². The molecule has 0 aliphatic carbocycles. The van der Waals surface area contributed by atoms with Crippen LogP contribution in [0.1, 0.15) is 15.9 Å². The topological polar surface area (TPSA) is 106 Å². The molecule has 1 amide bonds. The highest BCUT2D eigenvalue weighted by molar-refractivity contribution is 5.94. The van der Waals surface area contributed by atoms with Gasteiger partial charge in [-0.25, -0.2) is 10.2 Å². The lowest BCUT2D eigenvalue weighted by molar-refractivity contribution is 0.0955. The molecule has 1 heterocycles. The van der Waals surface area contributed by atoms with Gasteiger partial charge in [0.2, 0.25) is 5.88 Å². The second kappa shape index (κ2) is 6.08. The molecule has 0 aliphatic rings. The molecule has 2 rings (SSSR count). The number of hydrogen-bond acceptors (Lipinski definition) is 5. The van der Waals surface area contributed by atoms with Crippen molar-refractivity contribution >= 4 is 12.1 Å². The Hall–Kier alpha value is -3.16. The van der Waals surface area contributed by atoms with Crippen molar-refractivity contribution in [2.24, 2.45) is 19.2 Å². The van der Waals surface area contributed by atoms with Crippen molar-refractivity contribution in [2.45, 2.75) is 0 Å². The van der Waals surface area contributed by atoms with Crippen LogP contribution in [-0.4, -0.2) is 26.4 Å². The van der Waals surface area contributed by atoms with Crippen LogP contribution in [0.15, 0.2) is 45.0 Å². The van der Waals surface area contributed by atoms with Crippen molar-refractivity contribution in [3.8, 4) is 5.88 Å². The lowest BCUT2D eigenvalue weighted by Gasteiger charge is -2.07. The molecule has 0 saturated heterocycles. The quantitative estimate of drug-likeness (QED) is 0.592. The minimum atomic E-state index is -0.710. The summed E-state index contributed by atoms with van der Waals surface area (Å²) in [6, 6.07) is 8.38. The van der Waals surface area contributed by atoms with Crippen molar-refractivity contribution < 1.29 is 9.90 Å². The van der Waals surface area contributed by atoms with E-state index in [0.717, 1.165) is 15.3 Å². The summed E-state index contributed by atoms with van der Waals surface area (Å²) >= 11 is 0. The summed E-state index contributed by atoms with van der Waals surface area (Å²) in [5.41, 5.74) is 1.07. The number of hydrogen-bond donors (Lipinski definition) is 2. The molecule has 0 aliphatic heterocycles. The molecule has 114 valence electrons. The number of aromatic hydroxyl groups is 1. The first kappa shape index (κ1) is 15.2.